The summed E-state index contributed by atoms with van der Waals surface area (Å²) in [5.74, 6) is -1.30. The number of hydrogen-bond acceptors (Lipinski definition) is 3. The lowest BCUT2D eigenvalue weighted by Crippen LogP contribution is -2.45. The molecule has 1 aromatic heterocycles. The molecule has 1 atom stereocenters. The number of halogens is 4. The number of anilines is 1. The molecule has 30 heavy (non-hydrogen) atoms. The van der Waals surface area contributed by atoms with Crippen molar-refractivity contribution in [3.63, 3.8) is 0 Å². The minimum Gasteiger partial charge on any atom is -0.459 e. The highest BCUT2D eigenvalue weighted by molar-refractivity contribution is 6.31. The molecule has 0 aliphatic rings. The summed E-state index contributed by atoms with van der Waals surface area (Å²) in [4.78, 5) is 25.1. The first-order chi connectivity index (χ1) is 14.2. The van der Waals surface area contributed by atoms with E-state index in [2.05, 4.69) is 10.6 Å². The van der Waals surface area contributed by atoms with Crippen LogP contribution in [-0.2, 0) is 17.4 Å². The first-order valence-electron chi connectivity index (χ1n) is 8.80. The number of hydrogen-bond donors (Lipinski definition) is 2. The molecule has 0 radical (unpaired) electrons. The van der Waals surface area contributed by atoms with Gasteiger partial charge in [0.1, 0.15) is 6.04 Å². The molecule has 0 fully saturated rings. The fraction of sp³-hybridized carbons (Fsp3) is 0.143. The highest BCUT2D eigenvalue weighted by Crippen LogP contribution is 2.36. The zero-order valence-corrected chi connectivity index (χ0v) is 16.1. The van der Waals surface area contributed by atoms with Crippen molar-refractivity contribution in [2.75, 3.05) is 5.32 Å². The number of carbonyl (C=O) groups is 2. The van der Waals surface area contributed by atoms with E-state index in [1.807, 2.05) is 0 Å². The third-order valence-corrected chi connectivity index (χ3v) is 4.52. The number of nitrogens with one attached hydrogen (secondary N) is 2. The summed E-state index contributed by atoms with van der Waals surface area (Å²) in [5.41, 5.74) is -0.410. The SMILES string of the molecule is O=C(N[C@H](Cc1ccccc1)C(=O)Nc1ccc(Cl)c(C(F)(F)F)c1)c1ccco1. The van der Waals surface area contributed by atoms with Crippen LogP contribution in [0.5, 0.6) is 0 Å². The first-order valence-corrected chi connectivity index (χ1v) is 9.18. The van der Waals surface area contributed by atoms with Gasteiger partial charge in [0.2, 0.25) is 5.91 Å². The zero-order chi connectivity index (χ0) is 21.7. The summed E-state index contributed by atoms with van der Waals surface area (Å²) in [6, 6.07) is 13.8. The molecule has 156 valence electrons. The van der Waals surface area contributed by atoms with E-state index in [0.29, 0.717) is 0 Å². The summed E-state index contributed by atoms with van der Waals surface area (Å²) in [6.07, 6.45) is -3.23. The van der Waals surface area contributed by atoms with E-state index in [1.54, 1.807) is 30.3 Å². The van der Waals surface area contributed by atoms with Gasteiger partial charge in [-0.25, -0.2) is 0 Å². The largest absolute Gasteiger partial charge is 0.459 e. The fourth-order valence-corrected chi connectivity index (χ4v) is 2.97. The van der Waals surface area contributed by atoms with Gasteiger partial charge in [-0.1, -0.05) is 41.9 Å². The summed E-state index contributed by atoms with van der Waals surface area (Å²) in [5, 5.41) is 4.48. The average molecular weight is 437 g/mol. The maximum atomic E-state index is 13.1. The van der Waals surface area contributed by atoms with E-state index in [9.17, 15) is 22.8 Å². The maximum Gasteiger partial charge on any atom is 0.417 e. The van der Waals surface area contributed by atoms with Gasteiger partial charge in [-0.15, -0.1) is 0 Å². The Morgan fingerprint density at radius 3 is 2.40 bits per heavy atom. The van der Waals surface area contributed by atoms with Crippen molar-refractivity contribution in [2.24, 2.45) is 0 Å². The molecule has 3 rings (SSSR count). The van der Waals surface area contributed by atoms with E-state index in [-0.39, 0.29) is 17.9 Å². The Bertz CT molecular complexity index is 1020. The Kier molecular flexibility index (Phi) is 6.47. The number of benzene rings is 2. The number of carbonyl (C=O) groups excluding carboxylic acids is 2. The van der Waals surface area contributed by atoms with E-state index >= 15 is 0 Å². The lowest BCUT2D eigenvalue weighted by Gasteiger charge is -2.19. The summed E-state index contributed by atoms with van der Waals surface area (Å²) in [6.45, 7) is 0. The first kappa shape index (κ1) is 21.4. The van der Waals surface area contributed by atoms with Crippen LogP contribution >= 0.6 is 11.6 Å². The maximum absolute atomic E-state index is 13.1. The Morgan fingerprint density at radius 2 is 1.77 bits per heavy atom. The molecule has 5 nitrogen and oxygen atoms in total. The number of alkyl halides is 3. The molecule has 9 heteroatoms. The van der Waals surface area contributed by atoms with Crippen LogP contribution in [0.4, 0.5) is 18.9 Å². The Balaban J connectivity index is 1.82. The Labute approximate surface area is 174 Å². The van der Waals surface area contributed by atoms with Crippen molar-refractivity contribution in [1.82, 2.24) is 5.32 Å². The normalized spacial score (nSPS) is 12.3. The van der Waals surface area contributed by atoms with Gasteiger partial charge in [0.15, 0.2) is 5.76 Å². The third kappa shape index (κ3) is 5.42. The van der Waals surface area contributed by atoms with Crippen LogP contribution in [0, 0.1) is 0 Å². The third-order valence-electron chi connectivity index (χ3n) is 4.19. The molecule has 0 saturated carbocycles. The molecule has 2 N–H and O–H groups in total. The van der Waals surface area contributed by atoms with Gasteiger partial charge in [0.05, 0.1) is 16.8 Å². The smallest absolute Gasteiger partial charge is 0.417 e. The molecule has 1 heterocycles. The summed E-state index contributed by atoms with van der Waals surface area (Å²) >= 11 is 5.61. The molecule has 0 unspecified atom stereocenters. The van der Waals surface area contributed by atoms with Gasteiger partial charge in [0.25, 0.3) is 5.91 Å². The monoisotopic (exact) mass is 436 g/mol. The molecule has 0 bridgehead atoms. The second kappa shape index (κ2) is 9.04. The molecule has 3 aromatic rings. The van der Waals surface area contributed by atoms with Gasteiger partial charge < -0.3 is 15.1 Å². The van der Waals surface area contributed by atoms with Gasteiger partial charge >= 0.3 is 6.18 Å². The lowest BCUT2D eigenvalue weighted by atomic mass is 10.0. The predicted molar refractivity (Wildman–Crippen MR) is 105 cm³/mol. The molecule has 2 aromatic carbocycles. The minimum atomic E-state index is -4.67. The standard InChI is InChI=1S/C21H16ClF3N2O3/c22-16-9-8-14(12-15(16)21(23,24)25)26-19(28)17(11-13-5-2-1-3-6-13)27-20(29)18-7-4-10-30-18/h1-10,12,17H,11H2,(H,26,28)(H,27,29)/t17-/m1/s1. The van der Waals surface area contributed by atoms with Crippen LogP contribution in [-0.4, -0.2) is 17.9 Å². The predicted octanol–water partition coefficient (Wildman–Crippen LogP) is 4.93. The van der Waals surface area contributed by atoms with Crippen LogP contribution in [0.1, 0.15) is 21.7 Å². The van der Waals surface area contributed by atoms with Crippen molar-refractivity contribution in [3.05, 3.63) is 88.8 Å². The van der Waals surface area contributed by atoms with E-state index in [4.69, 9.17) is 16.0 Å². The van der Waals surface area contributed by atoms with Crippen LogP contribution < -0.4 is 10.6 Å². The van der Waals surface area contributed by atoms with Crippen LogP contribution in [0.3, 0.4) is 0 Å². The Morgan fingerprint density at radius 1 is 1.03 bits per heavy atom. The van der Waals surface area contributed by atoms with Gasteiger partial charge in [0, 0.05) is 12.1 Å². The van der Waals surface area contributed by atoms with E-state index < -0.39 is 34.6 Å². The number of furan rings is 1. The highest BCUT2D eigenvalue weighted by Gasteiger charge is 2.33. The van der Waals surface area contributed by atoms with Crippen molar-refractivity contribution in [1.29, 1.82) is 0 Å². The molecular weight excluding hydrogens is 421 g/mol. The molecule has 0 aliphatic carbocycles. The average Bonchev–Trinajstić information content (AvgIpc) is 3.24. The Hall–Kier alpha value is -3.26. The van der Waals surface area contributed by atoms with Gasteiger partial charge in [-0.3, -0.25) is 9.59 Å². The minimum absolute atomic E-state index is 0.00622. The lowest BCUT2D eigenvalue weighted by molar-refractivity contribution is -0.137. The molecular formula is C21H16ClF3N2O3. The van der Waals surface area contributed by atoms with Gasteiger partial charge in [-0.2, -0.15) is 13.2 Å². The van der Waals surface area contributed by atoms with E-state index in [0.717, 1.165) is 17.7 Å². The summed E-state index contributed by atoms with van der Waals surface area (Å²) in [7, 11) is 0. The number of rotatable bonds is 6. The van der Waals surface area contributed by atoms with Gasteiger partial charge in [-0.05, 0) is 35.9 Å². The van der Waals surface area contributed by atoms with Crippen molar-refractivity contribution < 1.29 is 27.2 Å². The second-order valence-corrected chi connectivity index (χ2v) is 6.78. The quantitative estimate of drug-likeness (QED) is 0.575. The molecule has 0 spiro atoms. The van der Waals surface area contributed by atoms with Crippen molar-refractivity contribution >= 4 is 29.1 Å². The summed E-state index contributed by atoms with van der Waals surface area (Å²) < 4.78 is 44.3. The van der Waals surface area contributed by atoms with E-state index in [1.165, 1.54) is 24.5 Å². The second-order valence-electron chi connectivity index (χ2n) is 6.37. The topological polar surface area (TPSA) is 71.3 Å². The van der Waals surface area contributed by atoms with Crippen molar-refractivity contribution in [3.8, 4) is 0 Å². The molecule has 0 aliphatic heterocycles. The van der Waals surface area contributed by atoms with Crippen LogP contribution in [0.15, 0.2) is 71.3 Å². The highest BCUT2D eigenvalue weighted by atomic mass is 35.5. The van der Waals surface area contributed by atoms with Crippen LogP contribution in [0.2, 0.25) is 5.02 Å². The molecule has 2 amide bonds. The van der Waals surface area contributed by atoms with Crippen LogP contribution in [0.25, 0.3) is 0 Å². The zero-order valence-electron chi connectivity index (χ0n) is 15.4. The molecule has 0 saturated heterocycles. The number of amides is 2. The fourth-order valence-electron chi connectivity index (χ4n) is 2.75. The van der Waals surface area contributed by atoms with Crippen molar-refractivity contribution in [2.45, 2.75) is 18.6 Å².